The van der Waals surface area contributed by atoms with Gasteiger partial charge in [-0.1, -0.05) is 6.92 Å². The molecule has 1 unspecified atom stereocenters. The van der Waals surface area contributed by atoms with Crippen molar-refractivity contribution in [1.29, 1.82) is 0 Å². The Morgan fingerprint density at radius 3 is 2.58 bits per heavy atom. The fourth-order valence-corrected chi connectivity index (χ4v) is 1.48. The lowest BCUT2D eigenvalue weighted by molar-refractivity contribution is 0.501. The zero-order valence-electron chi connectivity index (χ0n) is 7.92. The Balaban J connectivity index is 2.68. The Bertz CT molecular complexity index is 252. The molecule has 0 aromatic carbocycles. The van der Waals surface area contributed by atoms with E-state index in [1.165, 1.54) is 5.56 Å². The van der Waals surface area contributed by atoms with E-state index in [4.69, 9.17) is 4.42 Å². The van der Waals surface area contributed by atoms with Crippen LogP contribution in [0.15, 0.2) is 10.5 Å². The molecule has 1 rings (SSSR count). The van der Waals surface area contributed by atoms with Gasteiger partial charge in [0.15, 0.2) is 0 Å². The predicted molar refractivity (Wildman–Crippen MR) is 55.0 cm³/mol. The number of rotatable bonds is 3. The van der Waals surface area contributed by atoms with E-state index in [0.29, 0.717) is 5.25 Å². The number of thiol groups is 1. The lowest BCUT2D eigenvalue weighted by Crippen LogP contribution is -2.01. The molecule has 0 amide bonds. The molecule has 0 spiro atoms. The topological polar surface area (TPSA) is 13.1 Å². The molecule has 0 N–H and O–H groups in total. The van der Waals surface area contributed by atoms with Crippen LogP contribution in [0.1, 0.15) is 30.4 Å². The van der Waals surface area contributed by atoms with Gasteiger partial charge in [0.05, 0.1) is 0 Å². The van der Waals surface area contributed by atoms with Crippen LogP contribution in [0.25, 0.3) is 0 Å². The maximum atomic E-state index is 5.43. The summed E-state index contributed by atoms with van der Waals surface area (Å²) in [6.07, 6.45) is 2.12. The van der Waals surface area contributed by atoms with Gasteiger partial charge in [0.1, 0.15) is 11.5 Å². The van der Waals surface area contributed by atoms with Gasteiger partial charge in [0.25, 0.3) is 0 Å². The van der Waals surface area contributed by atoms with Gasteiger partial charge in [0.2, 0.25) is 0 Å². The van der Waals surface area contributed by atoms with Crippen molar-refractivity contribution in [3.05, 3.63) is 23.2 Å². The molecule has 1 nitrogen and oxygen atoms in total. The van der Waals surface area contributed by atoms with Crippen molar-refractivity contribution in [1.82, 2.24) is 0 Å². The normalized spacial score (nSPS) is 13.3. The summed E-state index contributed by atoms with van der Waals surface area (Å²) in [5.74, 6) is 2.04. The predicted octanol–water partition coefficient (Wildman–Crippen LogP) is 3.15. The van der Waals surface area contributed by atoms with E-state index in [-0.39, 0.29) is 0 Å². The zero-order valence-corrected chi connectivity index (χ0v) is 8.82. The van der Waals surface area contributed by atoms with Gasteiger partial charge in [-0.05, 0) is 38.3 Å². The molecule has 0 bridgehead atoms. The van der Waals surface area contributed by atoms with Crippen LogP contribution < -0.4 is 0 Å². The third kappa shape index (κ3) is 2.31. The minimum absolute atomic E-state index is 0.459. The first-order chi connectivity index (χ1) is 5.63. The van der Waals surface area contributed by atoms with E-state index in [9.17, 15) is 0 Å². The molecule has 1 aromatic rings. The van der Waals surface area contributed by atoms with E-state index in [2.05, 4.69) is 25.6 Å². The van der Waals surface area contributed by atoms with E-state index < -0.39 is 0 Å². The highest BCUT2D eigenvalue weighted by atomic mass is 32.1. The summed E-state index contributed by atoms with van der Waals surface area (Å²) in [5.41, 5.74) is 1.30. The molecule has 1 atom stereocenters. The van der Waals surface area contributed by atoms with Gasteiger partial charge in [-0.2, -0.15) is 12.6 Å². The Morgan fingerprint density at radius 2 is 2.17 bits per heavy atom. The lowest BCUT2D eigenvalue weighted by atomic mass is 10.1. The zero-order chi connectivity index (χ0) is 9.14. The van der Waals surface area contributed by atoms with E-state index in [1.807, 2.05) is 13.8 Å². The molecule has 1 heterocycles. The summed E-state index contributed by atoms with van der Waals surface area (Å²) in [7, 11) is 0. The van der Waals surface area contributed by atoms with Crippen molar-refractivity contribution in [2.24, 2.45) is 0 Å². The summed E-state index contributed by atoms with van der Waals surface area (Å²) < 4.78 is 5.43. The first-order valence-corrected chi connectivity index (χ1v) is 4.89. The minimum Gasteiger partial charge on any atom is -0.466 e. The second-order valence-electron chi connectivity index (χ2n) is 3.20. The number of hydrogen-bond acceptors (Lipinski definition) is 2. The SMILES string of the molecule is CCC(S)Cc1cc(C)oc1C. The molecular weight excluding hydrogens is 168 g/mol. The monoisotopic (exact) mass is 184 g/mol. The fourth-order valence-electron chi connectivity index (χ4n) is 1.28. The van der Waals surface area contributed by atoms with Crippen LogP contribution in [0.4, 0.5) is 0 Å². The lowest BCUT2D eigenvalue weighted by Gasteiger charge is -2.04. The van der Waals surface area contributed by atoms with Crippen LogP contribution in [0.2, 0.25) is 0 Å². The van der Waals surface area contributed by atoms with E-state index in [1.54, 1.807) is 0 Å². The molecule has 12 heavy (non-hydrogen) atoms. The highest BCUT2D eigenvalue weighted by Gasteiger charge is 2.08. The molecule has 0 saturated heterocycles. The fraction of sp³-hybridized carbons (Fsp3) is 0.600. The van der Waals surface area contributed by atoms with Gasteiger partial charge < -0.3 is 4.42 Å². The molecular formula is C10H16OS. The van der Waals surface area contributed by atoms with Crippen LogP contribution in [-0.4, -0.2) is 5.25 Å². The van der Waals surface area contributed by atoms with Gasteiger partial charge >= 0.3 is 0 Å². The summed E-state index contributed by atoms with van der Waals surface area (Å²) in [4.78, 5) is 0. The van der Waals surface area contributed by atoms with Gasteiger partial charge in [-0.3, -0.25) is 0 Å². The van der Waals surface area contributed by atoms with Crippen molar-refractivity contribution in [2.45, 2.75) is 38.9 Å². The smallest absolute Gasteiger partial charge is 0.104 e. The van der Waals surface area contributed by atoms with Crippen molar-refractivity contribution < 1.29 is 4.42 Å². The Labute approximate surface area is 79.6 Å². The summed E-state index contributed by atoms with van der Waals surface area (Å²) in [6, 6.07) is 2.11. The Hall–Kier alpha value is -0.370. The molecule has 0 radical (unpaired) electrons. The summed E-state index contributed by atoms with van der Waals surface area (Å²) in [5, 5.41) is 0.459. The van der Waals surface area contributed by atoms with Gasteiger partial charge in [-0.15, -0.1) is 0 Å². The molecule has 0 saturated carbocycles. The minimum atomic E-state index is 0.459. The van der Waals surface area contributed by atoms with E-state index >= 15 is 0 Å². The molecule has 0 fully saturated rings. The maximum absolute atomic E-state index is 5.43. The van der Waals surface area contributed by atoms with Crippen molar-refractivity contribution in [3.8, 4) is 0 Å². The van der Waals surface area contributed by atoms with Crippen LogP contribution in [0.3, 0.4) is 0 Å². The molecule has 68 valence electrons. The highest BCUT2D eigenvalue weighted by Crippen LogP contribution is 2.18. The Morgan fingerprint density at radius 1 is 1.50 bits per heavy atom. The quantitative estimate of drug-likeness (QED) is 0.712. The number of furan rings is 1. The second-order valence-corrected chi connectivity index (χ2v) is 3.93. The standard InChI is InChI=1S/C10H16OS/c1-4-10(12)6-9-5-7(2)11-8(9)3/h5,10,12H,4,6H2,1-3H3. The number of aryl methyl sites for hydroxylation is 2. The molecule has 0 aliphatic carbocycles. The number of hydrogen-bond donors (Lipinski definition) is 1. The molecule has 0 aliphatic heterocycles. The highest BCUT2D eigenvalue weighted by molar-refractivity contribution is 7.80. The largest absolute Gasteiger partial charge is 0.466 e. The first-order valence-electron chi connectivity index (χ1n) is 4.37. The van der Waals surface area contributed by atoms with Crippen molar-refractivity contribution >= 4 is 12.6 Å². The maximum Gasteiger partial charge on any atom is 0.104 e. The first kappa shape index (κ1) is 9.72. The molecule has 2 heteroatoms. The van der Waals surface area contributed by atoms with Crippen LogP contribution in [-0.2, 0) is 6.42 Å². The average Bonchev–Trinajstić information content (AvgIpc) is 2.30. The van der Waals surface area contributed by atoms with Crippen molar-refractivity contribution in [2.75, 3.05) is 0 Å². The van der Waals surface area contributed by atoms with Crippen LogP contribution in [0, 0.1) is 13.8 Å². The second kappa shape index (κ2) is 4.04. The van der Waals surface area contributed by atoms with E-state index in [0.717, 1.165) is 24.4 Å². The Kier molecular flexibility index (Phi) is 3.27. The van der Waals surface area contributed by atoms with Crippen molar-refractivity contribution in [3.63, 3.8) is 0 Å². The third-order valence-corrected chi connectivity index (χ3v) is 2.62. The third-order valence-electron chi connectivity index (χ3n) is 2.07. The average molecular weight is 184 g/mol. The summed E-state index contributed by atoms with van der Waals surface area (Å²) in [6.45, 7) is 6.15. The van der Waals surface area contributed by atoms with Gasteiger partial charge in [-0.25, -0.2) is 0 Å². The van der Waals surface area contributed by atoms with Gasteiger partial charge in [0, 0.05) is 5.25 Å². The molecule has 0 aliphatic rings. The summed E-state index contributed by atoms with van der Waals surface area (Å²) >= 11 is 4.46. The van der Waals surface area contributed by atoms with Crippen LogP contribution >= 0.6 is 12.6 Å². The van der Waals surface area contributed by atoms with Crippen LogP contribution in [0.5, 0.6) is 0 Å². The molecule has 1 aromatic heterocycles.